The zero-order chi connectivity index (χ0) is 19.6. The molecule has 2 aromatic carbocycles. The minimum Gasteiger partial charge on any atom is -0.507 e. The van der Waals surface area contributed by atoms with Crippen molar-refractivity contribution in [3.63, 3.8) is 0 Å². The molecule has 0 saturated heterocycles. The van der Waals surface area contributed by atoms with Gasteiger partial charge in [0.2, 0.25) is 0 Å². The van der Waals surface area contributed by atoms with Crippen molar-refractivity contribution in [2.45, 2.75) is 12.8 Å². The van der Waals surface area contributed by atoms with Crippen LogP contribution in [0.25, 0.3) is 21.1 Å². The fourth-order valence-corrected chi connectivity index (χ4v) is 5.36. The summed E-state index contributed by atoms with van der Waals surface area (Å²) in [7, 11) is 0. The number of nitrogens with two attached hydrogens (primary N) is 1. The molecule has 0 fully saturated rings. The summed E-state index contributed by atoms with van der Waals surface area (Å²) in [5, 5.41) is 12.1. The largest absolute Gasteiger partial charge is 0.507 e. The Balaban J connectivity index is 1.64. The molecule has 1 unspecified atom stereocenters. The highest BCUT2D eigenvalue weighted by Gasteiger charge is 2.36. The second kappa shape index (κ2) is 6.15. The summed E-state index contributed by atoms with van der Waals surface area (Å²) in [5.41, 5.74) is 8.77. The van der Waals surface area contributed by atoms with Crippen LogP contribution in [0.4, 0.5) is 11.4 Å². The van der Waals surface area contributed by atoms with Gasteiger partial charge in [0.1, 0.15) is 11.3 Å². The lowest BCUT2D eigenvalue weighted by atomic mass is 10.0. The van der Waals surface area contributed by atoms with E-state index in [-0.39, 0.29) is 23.3 Å². The molecule has 1 amide bonds. The average Bonchev–Trinajstić information content (AvgIpc) is 3.35. The van der Waals surface area contributed by atoms with Crippen LogP contribution in [0.3, 0.4) is 0 Å². The molecule has 0 aliphatic carbocycles. The zero-order valence-electron chi connectivity index (χ0n) is 15.0. The number of carbonyl (C=O) groups excluding carboxylic acids is 1. The van der Waals surface area contributed by atoms with Crippen molar-refractivity contribution in [3.05, 3.63) is 52.6 Å². The number of fused-ring (bicyclic) bond motifs is 4. The normalized spacial score (nSPS) is 16.2. The smallest absolute Gasteiger partial charge is 0.294 e. The highest BCUT2D eigenvalue weighted by molar-refractivity contribution is 7.19. The third kappa shape index (κ3) is 2.48. The first-order valence-electron chi connectivity index (χ1n) is 8.89. The Labute approximate surface area is 169 Å². The first kappa shape index (κ1) is 17.4. The number of amides is 1. The molecule has 1 aliphatic heterocycles. The molecule has 0 bridgehead atoms. The van der Waals surface area contributed by atoms with Crippen LogP contribution in [0, 0.1) is 6.92 Å². The van der Waals surface area contributed by atoms with Gasteiger partial charge in [-0.2, -0.15) is 0 Å². The molecule has 3 heterocycles. The van der Waals surface area contributed by atoms with Gasteiger partial charge >= 0.3 is 0 Å². The topological polar surface area (TPSA) is 79.7 Å². The summed E-state index contributed by atoms with van der Waals surface area (Å²) in [5.74, 6) is 0.550. The molecule has 0 spiro atoms. The minimum absolute atomic E-state index is 0.00166. The van der Waals surface area contributed by atoms with Gasteiger partial charge in [0.25, 0.3) is 5.91 Å². The number of aromatic hydroxyl groups is 1. The van der Waals surface area contributed by atoms with Gasteiger partial charge in [-0.1, -0.05) is 0 Å². The van der Waals surface area contributed by atoms with Gasteiger partial charge in [-0.25, -0.2) is 0 Å². The van der Waals surface area contributed by atoms with Crippen molar-refractivity contribution in [2.24, 2.45) is 0 Å². The Bertz CT molecular complexity index is 1260. The molecule has 4 aromatic rings. The molecule has 28 heavy (non-hydrogen) atoms. The number of nitrogens with zero attached hydrogens (tertiary/aromatic N) is 1. The predicted octanol–water partition coefficient (Wildman–Crippen LogP) is 5.23. The molecule has 5 nitrogen and oxygen atoms in total. The summed E-state index contributed by atoms with van der Waals surface area (Å²) in [6.45, 7) is 2.45. The van der Waals surface area contributed by atoms with Crippen molar-refractivity contribution < 1.29 is 14.3 Å². The van der Waals surface area contributed by atoms with E-state index in [1.165, 1.54) is 0 Å². The number of nitrogen functional groups attached to an aromatic ring is 1. The second-order valence-corrected chi connectivity index (χ2v) is 8.67. The fraction of sp³-hybridized carbons (Fsp3) is 0.190. The van der Waals surface area contributed by atoms with Gasteiger partial charge in [-0.15, -0.1) is 22.9 Å². The quantitative estimate of drug-likeness (QED) is 0.349. The number of halogens is 1. The molecular weight excluding hydrogens is 396 g/mol. The van der Waals surface area contributed by atoms with E-state index in [9.17, 15) is 9.90 Å². The lowest BCUT2D eigenvalue weighted by Crippen LogP contribution is -2.29. The highest BCUT2D eigenvalue weighted by Crippen LogP contribution is 2.48. The molecule has 1 aliphatic rings. The van der Waals surface area contributed by atoms with Crippen LogP contribution in [0.1, 0.15) is 26.9 Å². The molecule has 5 rings (SSSR count). The number of phenolic OH excluding ortho intramolecular Hbond substituents is 1. The number of rotatable bonds is 2. The molecular formula is C21H17ClN2O3S. The summed E-state index contributed by atoms with van der Waals surface area (Å²) in [6.07, 6.45) is 0. The van der Waals surface area contributed by atoms with Crippen molar-refractivity contribution in [2.75, 3.05) is 23.1 Å². The van der Waals surface area contributed by atoms with Gasteiger partial charge in [0, 0.05) is 56.0 Å². The van der Waals surface area contributed by atoms with E-state index in [4.69, 9.17) is 21.8 Å². The van der Waals surface area contributed by atoms with Crippen molar-refractivity contribution in [1.29, 1.82) is 0 Å². The summed E-state index contributed by atoms with van der Waals surface area (Å²) in [4.78, 5) is 16.0. The number of hydrogen-bond donors (Lipinski definition) is 2. The molecule has 2 aromatic heterocycles. The van der Waals surface area contributed by atoms with Crippen LogP contribution in [-0.4, -0.2) is 23.4 Å². The maximum absolute atomic E-state index is 13.3. The number of aryl methyl sites for hydroxylation is 1. The van der Waals surface area contributed by atoms with E-state index in [2.05, 4.69) is 0 Å². The van der Waals surface area contributed by atoms with E-state index in [0.717, 1.165) is 25.9 Å². The monoisotopic (exact) mass is 412 g/mol. The average molecular weight is 413 g/mol. The Morgan fingerprint density at radius 3 is 2.96 bits per heavy atom. The van der Waals surface area contributed by atoms with Crippen LogP contribution in [0.15, 0.2) is 40.8 Å². The fourth-order valence-electron chi connectivity index (χ4n) is 3.95. The minimum atomic E-state index is -0.254. The first-order valence-corrected chi connectivity index (χ1v) is 10.2. The van der Waals surface area contributed by atoms with Crippen LogP contribution in [-0.2, 0) is 0 Å². The summed E-state index contributed by atoms with van der Waals surface area (Å²) in [6, 6.07) is 10.6. The number of furan rings is 1. The van der Waals surface area contributed by atoms with Crippen molar-refractivity contribution in [1.82, 2.24) is 0 Å². The van der Waals surface area contributed by atoms with E-state index in [1.807, 2.05) is 13.0 Å². The van der Waals surface area contributed by atoms with Crippen LogP contribution >= 0.6 is 22.9 Å². The highest BCUT2D eigenvalue weighted by atomic mass is 35.5. The van der Waals surface area contributed by atoms with Crippen molar-refractivity contribution in [3.8, 4) is 5.75 Å². The Morgan fingerprint density at radius 2 is 2.18 bits per heavy atom. The SMILES string of the molecule is Cc1cc2c(O)cc3c(c2s1)C(CCl)CN3C(=O)c1cc2cc(N)ccc2o1. The van der Waals surface area contributed by atoms with Gasteiger partial charge in [0.05, 0.1) is 5.69 Å². The summed E-state index contributed by atoms with van der Waals surface area (Å²) >= 11 is 7.86. The zero-order valence-corrected chi connectivity index (χ0v) is 16.6. The number of phenols is 1. The lowest BCUT2D eigenvalue weighted by Gasteiger charge is -2.16. The van der Waals surface area contributed by atoms with E-state index in [0.29, 0.717) is 29.4 Å². The molecule has 0 radical (unpaired) electrons. The Hall–Kier alpha value is -2.70. The third-order valence-electron chi connectivity index (χ3n) is 5.21. The van der Waals surface area contributed by atoms with E-state index in [1.54, 1.807) is 46.6 Å². The van der Waals surface area contributed by atoms with Gasteiger partial charge < -0.3 is 20.2 Å². The number of hydrogen-bond acceptors (Lipinski definition) is 5. The predicted molar refractivity (Wildman–Crippen MR) is 114 cm³/mol. The van der Waals surface area contributed by atoms with Crippen LogP contribution in [0.2, 0.25) is 0 Å². The number of benzene rings is 2. The number of alkyl halides is 1. The molecule has 1 atom stereocenters. The van der Waals surface area contributed by atoms with Crippen LogP contribution in [0.5, 0.6) is 5.75 Å². The lowest BCUT2D eigenvalue weighted by molar-refractivity contribution is 0.0964. The molecule has 142 valence electrons. The number of thiophene rings is 1. The molecule has 3 N–H and O–H groups in total. The van der Waals surface area contributed by atoms with Gasteiger partial charge in [0.15, 0.2) is 5.76 Å². The van der Waals surface area contributed by atoms with Gasteiger partial charge in [-0.3, -0.25) is 4.79 Å². The maximum atomic E-state index is 13.3. The first-order chi connectivity index (χ1) is 13.5. The van der Waals surface area contributed by atoms with E-state index < -0.39 is 0 Å². The summed E-state index contributed by atoms with van der Waals surface area (Å²) < 4.78 is 6.75. The number of anilines is 2. The maximum Gasteiger partial charge on any atom is 0.294 e. The van der Waals surface area contributed by atoms with Crippen LogP contribution < -0.4 is 10.6 Å². The standard InChI is InChI=1S/C21H17ClN2O3S/c1-10-4-14-16(25)7-15-19(20(14)28-10)12(8-22)9-24(15)21(26)18-6-11-5-13(23)2-3-17(11)27-18/h2-7,12,25H,8-9,23H2,1H3. The molecule has 7 heteroatoms. The Kier molecular flexibility index (Phi) is 3.82. The van der Waals surface area contributed by atoms with Gasteiger partial charge in [-0.05, 0) is 37.3 Å². The third-order valence-corrected chi connectivity index (χ3v) is 6.67. The van der Waals surface area contributed by atoms with E-state index >= 15 is 0 Å². The second-order valence-electron chi connectivity index (χ2n) is 7.10. The Morgan fingerprint density at radius 1 is 1.36 bits per heavy atom. The number of carbonyl (C=O) groups is 1. The van der Waals surface area contributed by atoms with Crippen molar-refractivity contribution >= 4 is 61.3 Å². The molecule has 0 saturated carbocycles.